The summed E-state index contributed by atoms with van der Waals surface area (Å²) in [6, 6.07) is 1.79. The van der Waals surface area contributed by atoms with E-state index in [4.69, 9.17) is 5.73 Å². The van der Waals surface area contributed by atoms with Crippen LogP contribution in [0.3, 0.4) is 0 Å². The maximum absolute atomic E-state index is 10.8. The summed E-state index contributed by atoms with van der Waals surface area (Å²) in [6.45, 7) is 0. The van der Waals surface area contributed by atoms with Gasteiger partial charge in [0.15, 0.2) is 5.69 Å². The molecular formula is C8H5BrN4O2S. The summed E-state index contributed by atoms with van der Waals surface area (Å²) >= 11 is 4.64. The molecule has 2 rings (SSSR count). The summed E-state index contributed by atoms with van der Waals surface area (Å²) in [5.74, 6) is 0.0147. The molecule has 0 saturated heterocycles. The molecule has 0 spiro atoms. The van der Waals surface area contributed by atoms with Gasteiger partial charge < -0.3 is 5.73 Å². The molecule has 0 aliphatic rings. The van der Waals surface area contributed by atoms with E-state index < -0.39 is 4.92 Å². The Morgan fingerprint density at radius 1 is 1.56 bits per heavy atom. The van der Waals surface area contributed by atoms with Crippen molar-refractivity contribution in [1.82, 2.24) is 9.97 Å². The van der Waals surface area contributed by atoms with Crippen molar-refractivity contribution in [2.45, 2.75) is 0 Å². The van der Waals surface area contributed by atoms with Gasteiger partial charge in [-0.15, -0.1) is 11.3 Å². The van der Waals surface area contributed by atoms with Crippen LogP contribution in [0.2, 0.25) is 0 Å². The van der Waals surface area contributed by atoms with Crippen molar-refractivity contribution in [3.05, 3.63) is 32.2 Å². The number of aromatic nitrogens is 2. The smallest absolute Gasteiger partial charge is 0.314 e. The second-order valence-corrected chi connectivity index (χ2v) is 4.59. The lowest BCUT2D eigenvalue weighted by molar-refractivity contribution is -0.384. The standard InChI is InChI=1S/C8H5BrN4O2S/c9-4-1-2-16-7(4)6-5(13(14)15)3-11-8(10)12-6/h1-3H,(H2,10,11,12). The van der Waals surface area contributed by atoms with E-state index in [2.05, 4.69) is 25.9 Å². The molecule has 0 radical (unpaired) electrons. The number of hydrogen-bond donors (Lipinski definition) is 1. The highest BCUT2D eigenvalue weighted by atomic mass is 79.9. The zero-order valence-corrected chi connectivity index (χ0v) is 10.2. The van der Waals surface area contributed by atoms with Gasteiger partial charge in [-0.25, -0.2) is 9.97 Å². The molecule has 8 heteroatoms. The average Bonchev–Trinajstić information content (AvgIpc) is 2.63. The zero-order chi connectivity index (χ0) is 11.7. The van der Waals surface area contributed by atoms with Crippen molar-refractivity contribution in [1.29, 1.82) is 0 Å². The Hall–Kier alpha value is -1.54. The minimum absolute atomic E-state index is 0.0147. The first kappa shape index (κ1) is 11.0. The Bertz CT molecular complexity index is 557. The second kappa shape index (κ2) is 4.14. The lowest BCUT2D eigenvalue weighted by atomic mass is 10.3. The van der Waals surface area contributed by atoms with E-state index in [1.165, 1.54) is 11.3 Å². The van der Waals surface area contributed by atoms with Gasteiger partial charge in [0.1, 0.15) is 6.20 Å². The molecule has 0 amide bonds. The van der Waals surface area contributed by atoms with Crippen LogP contribution in [0.15, 0.2) is 22.1 Å². The van der Waals surface area contributed by atoms with Crippen molar-refractivity contribution in [3.63, 3.8) is 0 Å². The fraction of sp³-hybridized carbons (Fsp3) is 0. The lowest BCUT2D eigenvalue weighted by Gasteiger charge is -2.00. The number of nitrogen functional groups attached to an aromatic ring is 1. The largest absolute Gasteiger partial charge is 0.368 e. The van der Waals surface area contributed by atoms with Gasteiger partial charge >= 0.3 is 5.69 Å². The number of nitrogens with zero attached hydrogens (tertiary/aromatic N) is 3. The molecule has 82 valence electrons. The minimum atomic E-state index is -0.527. The number of nitro groups is 1. The first-order valence-corrected chi connectivity index (χ1v) is 5.77. The molecule has 0 atom stereocenters. The Morgan fingerprint density at radius 3 is 2.88 bits per heavy atom. The Morgan fingerprint density at radius 2 is 2.31 bits per heavy atom. The zero-order valence-electron chi connectivity index (χ0n) is 7.75. The second-order valence-electron chi connectivity index (χ2n) is 2.82. The molecule has 0 aliphatic heterocycles. The predicted molar refractivity (Wildman–Crippen MR) is 64.1 cm³/mol. The molecule has 0 aliphatic carbocycles. The van der Waals surface area contributed by atoms with Crippen LogP contribution in [0.25, 0.3) is 10.6 Å². The van der Waals surface area contributed by atoms with E-state index in [1.54, 1.807) is 11.4 Å². The fourth-order valence-electron chi connectivity index (χ4n) is 1.15. The first-order valence-electron chi connectivity index (χ1n) is 4.10. The topological polar surface area (TPSA) is 94.9 Å². The van der Waals surface area contributed by atoms with Crippen molar-refractivity contribution < 1.29 is 4.92 Å². The molecule has 2 aromatic rings. The molecule has 0 saturated carbocycles. The summed E-state index contributed by atoms with van der Waals surface area (Å²) in [6.07, 6.45) is 1.11. The van der Waals surface area contributed by atoms with Crippen molar-refractivity contribution in [2.75, 3.05) is 5.73 Å². The summed E-state index contributed by atoms with van der Waals surface area (Å²) in [4.78, 5) is 18.5. The average molecular weight is 301 g/mol. The molecule has 0 aromatic carbocycles. The molecule has 2 aromatic heterocycles. The van der Waals surface area contributed by atoms with Crippen molar-refractivity contribution in [3.8, 4) is 10.6 Å². The van der Waals surface area contributed by atoms with Gasteiger partial charge in [-0.05, 0) is 27.4 Å². The minimum Gasteiger partial charge on any atom is -0.368 e. The molecule has 2 N–H and O–H groups in total. The third-order valence-electron chi connectivity index (χ3n) is 1.82. The van der Waals surface area contributed by atoms with E-state index >= 15 is 0 Å². The van der Waals surface area contributed by atoms with Crippen LogP contribution >= 0.6 is 27.3 Å². The van der Waals surface area contributed by atoms with Crippen LogP contribution in [0, 0.1) is 10.1 Å². The van der Waals surface area contributed by atoms with Crippen LogP contribution in [-0.4, -0.2) is 14.9 Å². The summed E-state index contributed by atoms with van der Waals surface area (Å²) in [5, 5.41) is 12.6. The van der Waals surface area contributed by atoms with Crippen LogP contribution in [0.1, 0.15) is 0 Å². The summed E-state index contributed by atoms with van der Waals surface area (Å²) in [5.41, 5.74) is 5.51. The molecule has 2 heterocycles. The van der Waals surface area contributed by atoms with Gasteiger partial charge in [0.2, 0.25) is 5.95 Å². The monoisotopic (exact) mass is 300 g/mol. The molecule has 6 nitrogen and oxygen atoms in total. The van der Waals surface area contributed by atoms with Crippen LogP contribution in [0.4, 0.5) is 11.6 Å². The summed E-state index contributed by atoms with van der Waals surface area (Å²) < 4.78 is 0.749. The van der Waals surface area contributed by atoms with Gasteiger partial charge in [0.25, 0.3) is 0 Å². The van der Waals surface area contributed by atoms with Crippen LogP contribution in [0.5, 0.6) is 0 Å². The number of anilines is 1. The van der Waals surface area contributed by atoms with E-state index in [9.17, 15) is 10.1 Å². The van der Waals surface area contributed by atoms with Gasteiger partial charge in [-0.3, -0.25) is 10.1 Å². The highest BCUT2D eigenvalue weighted by Crippen LogP contribution is 2.37. The number of halogens is 1. The predicted octanol–water partition coefficient (Wildman–Crippen LogP) is 2.46. The maximum Gasteiger partial charge on any atom is 0.314 e. The SMILES string of the molecule is Nc1ncc([N+](=O)[O-])c(-c2sccc2Br)n1. The molecule has 0 unspecified atom stereocenters. The Balaban J connectivity index is 2.67. The number of thiophene rings is 1. The number of hydrogen-bond acceptors (Lipinski definition) is 6. The van der Waals surface area contributed by atoms with Gasteiger partial charge in [0, 0.05) is 4.47 Å². The fourth-order valence-corrected chi connectivity index (χ4v) is 2.71. The Kier molecular flexibility index (Phi) is 2.84. The normalized spacial score (nSPS) is 10.3. The quantitative estimate of drug-likeness (QED) is 0.679. The molecule has 0 fully saturated rings. The van der Waals surface area contributed by atoms with Crippen LogP contribution < -0.4 is 5.73 Å². The first-order chi connectivity index (χ1) is 7.59. The summed E-state index contributed by atoms with van der Waals surface area (Å²) in [7, 11) is 0. The number of nitrogens with two attached hydrogens (primary N) is 1. The van der Waals surface area contributed by atoms with Crippen LogP contribution in [-0.2, 0) is 0 Å². The lowest BCUT2D eigenvalue weighted by Crippen LogP contribution is -2.00. The van der Waals surface area contributed by atoms with Gasteiger partial charge in [-0.2, -0.15) is 0 Å². The maximum atomic E-state index is 10.8. The molecular weight excluding hydrogens is 296 g/mol. The van der Waals surface area contributed by atoms with E-state index in [0.717, 1.165) is 10.7 Å². The van der Waals surface area contributed by atoms with E-state index in [0.29, 0.717) is 4.88 Å². The third-order valence-corrected chi connectivity index (χ3v) is 3.66. The molecule has 16 heavy (non-hydrogen) atoms. The highest BCUT2D eigenvalue weighted by Gasteiger charge is 2.21. The highest BCUT2D eigenvalue weighted by molar-refractivity contribution is 9.10. The van der Waals surface area contributed by atoms with Crippen molar-refractivity contribution >= 4 is 38.9 Å². The number of rotatable bonds is 2. The van der Waals surface area contributed by atoms with E-state index in [1.807, 2.05) is 0 Å². The van der Waals surface area contributed by atoms with Crippen molar-refractivity contribution in [2.24, 2.45) is 0 Å². The van der Waals surface area contributed by atoms with Gasteiger partial charge in [0.05, 0.1) is 9.80 Å². The van der Waals surface area contributed by atoms with E-state index in [-0.39, 0.29) is 17.3 Å². The molecule has 0 bridgehead atoms. The van der Waals surface area contributed by atoms with Gasteiger partial charge in [-0.1, -0.05) is 0 Å². The third kappa shape index (κ3) is 1.89. The Labute approximate surface area is 102 Å².